The molecule has 7 rings (SSSR count). The predicted octanol–water partition coefficient (Wildman–Crippen LogP) is 7.82. The molecule has 1 saturated heterocycles. The summed E-state index contributed by atoms with van der Waals surface area (Å²) in [6.07, 6.45) is 5.79. The largest absolute Gasteiger partial charge is 0.381 e. The van der Waals surface area contributed by atoms with Gasteiger partial charge in [-0.2, -0.15) is 0 Å². The quantitative estimate of drug-likeness (QED) is 0.155. The molecule has 6 aromatic rings. The minimum Gasteiger partial charge on any atom is -0.381 e. The Morgan fingerprint density at radius 3 is 2.09 bits per heavy atom. The lowest BCUT2D eigenvalue weighted by atomic mass is 9.76. The standard InChI is InChI=1S/C37H33FN4O2S/c38-31-16-17-33-34(23-31)45-36(40-33)41(35(43)22-27-18-20-44-21-19-27)25-32-24-39-26-42(32)37(28-10-4-1-5-11-28,29-12-6-2-7-13-29)30-14-8-3-9-15-30/h1-17,23-24,26-27H,18-22,25H2. The fourth-order valence-corrected chi connectivity index (χ4v) is 7.44. The zero-order chi connectivity index (χ0) is 30.6. The Hall–Kier alpha value is -4.66. The van der Waals surface area contributed by atoms with Crippen molar-refractivity contribution in [2.24, 2.45) is 5.92 Å². The lowest BCUT2D eigenvalue weighted by molar-refractivity contribution is -0.120. The maximum atomic E-state index is 14.2. The van der Waals surface area contributed by atoms with E-state index in [9.17, 15) is 9.18 Å². The monoisotopic (exact) mass is 616 g/mol. The smallest absolute Gasteiger partial charge is 0.229 e. The molecule has 0 atom stereocenters. The first kappa shape index (κ1) is 29.1. The molecule has 226 valence electrons. The summed E-state index contributed by atoms with van der Waals surface area (Å²) in [5.74, 6) is -0.101. The van der Waals surface area contributed by atoms with E-state index >= 15 is 0 Å². The van der Waals surface area contributed by atoms with Crippen LogP contribution in [0.25, 0.3) is 10.2 Å². The average Bonchev–Trinajstić information content (AvgIpc) is 3.73. The summed E-state index contributed by atoms with van der Waals surface area (Å²) in [5, 5.41) is 0.546. The number of imidazole rings is 1. The Balaban J connectivity index is 1.38. The van der Waals surface area contributed by atoms with Gasteiger partial charge in [0.1, 0.15) is 11.4 Å². The molecule has 4 aromatic carbocycles. The Kier molecular flexibility index (Phi) is 8.24. The van der Waals surface area contributed by atoms with Crippen molar-refractivity contribution >= 4 is 32.6 Å². The molecule has 0 radical (unpaired) electrons. The third-order valence-electron chi connectivity index (χ3n) is 8.65. The highest BCUT2D eigenvalue weighted by Gasteiger charge is 2.40. The van der Waals surface area contributed by atoms with E-state index in [1.54, 1.807) is 11.0 Å². The average molecular weight is 617 g/mol. The van der Waals surface area contributed by atoms with Crippen molar-refractivity contribution in [1.82, 2.24) is 14.5 Å². The van der Waals surface area contributed by atoms with Gasteiger partial charge < -0.3 is 9.30 Å². The minimum absolute atomic E-state index is 0.0149. The summed E-state index contributed by atoms with van der Waals surface area (Å²) in [4.78, 5) is 25.5. The van der Waals surface area contributed by atoms with E-state index in [0.29, 0.717) is 35.0 Å². The summed E-state index contributed by atoms with van der Waals surface area (Å²) < 4.78 is 22.6. The SMILES string of the molecule is O=C(CC1CCOCC1)N(Cc1cncn1C(c1ccccc1)(c1ccccc1)c1ccccc1)c1nc2ccc(F)cc2s1. The Morgan fingerprint density at radius 1 is 0.889 bits per heavy atom. The molecule has 0 bridgehead atoms. The van der Waals surface area contributed by atoms with Gasteiger partial charge in [0.2, 0.25) is 5.91 Å². The number of nitrogens with zero attached hydrogens (tertiary/aromatic N) is 4. The molecule has 0 aliphatic carbocycles. The Morgan fingerprint density at radius 2 is 1.49 bits per heavy atom. The number of carbonyl (C=O) groups is 1. The van der Waals surface area contributed by atoms with Crippen LogP contribution in [0.1, 0.15) is 41.6 Å². The first-order valence-corrected chi connectivity index (χ1v) is 16.1. The van der Waals surface area contributed by atoms with Crippen LogP contribution in [0.5, 0.6) is 0 Å². The summed E-state index contributed by atoms with van der Waals surface area (Å²) in [6.45, 7) is 1.58. The number of ether oxygens (including phenoxy) is 1. The van der Waals surface area contributed by atoms with Gasteiger partial charge in [0.05, 0.1) is 35.0 Å². The van der Waals surface area contributed by atoms with E-state index in [2.05, 4.69) is 82.3 Å². The van der Waals surface area contributed by atoms with E-state index in [1.165, 1.54) is 23.5 Å². The summed E-state index contributed by atoms with van der Waals surface area (Å²) in [6, 6.07) is 35.8. The van der Waals surface area contributed by atoms with Crippen LogP contribution in [0.15, 0.2) is 122 Å². The molecule has 1 fully saturated rings. The van der Waals surface area contributed by atoms with Gasteiger partial charge >= 0.3 is 0 Å². The van der Waals surface area contributed by atoms with Crippen molar-refractivity contribution in [3.05, 3.63) is 150 Å². The number of halogens is 1. The second-order valence-corrected chi connectivity index (χ2v) is 12.4. The van der Waals surface area contributed by atoms with Crippen molar-refractivity contribution in [1.29, 1.82) is 0 Å². The van der Waals surface area contributed by atoms with Gasteiger partial charge in [-0.25, -0.2) is 14.4 Å². The van der Waals surface area contributed by atoms with Gasteiger partial charge in [-0.3, -0.25) is 9.69 Å². The number of aromatic nitrogens is 3. The number of anilines is 1. The van der Waals surface area contributed by atoms with Crippen LogP contribution >= 0.6 is 11.3 Å². The van der Waals surface area contributed by atoms with Crippen LogP contribution in [-0.2, 0) is 21.6 Å². The molecule has 6 nitrogen and oxygen atoms in total. The number of thiazole rings is 1. The van der Waals surface area contributed by atoms with Crippen LogP contribution in [0.2, 0.25) is 0 Å². The predicted molar refractivity (Wildman–Crippen MR) is 176 cm³/mol. The molecule has 45 heavy (non-hydrogen) atoms. The van der Waals surface area contributed by atoms with E-state index in [1.807, 2.05) is 30.7 Å². The number of amides is 1. The van der Waals surface area contributed by atoms with E-state index in [0.717, 1.165) is 35.2 Å². The van der Waals surface area contributed by atoms with Crippen molar-refractivity contribution in [3.8, 4) is 0 Å². The maximum Gasteiger partial charge on any atom is 0.229 e. The second-order valence-electron chi connectivity index (χ2n) is 11.4. The Bertz CT molecular complexity index is 1790. The van der Waals surface area contributed by atoms with E-state index in [-0.39, 0.29) is 24.2 Å². The van der Waals surface area contributed by atoms with Crippen LogP contribution < -0.4 is 4.90 Å². The first-order chi connectivity index (χ1) is 22.1. The number of hydrogen-bond donors (Lipinski definition) is 0. The zero-order valence-corrected chi connectivity index (χ0v) is 25.6. The van der Waals surface area contributed by atoms with Crippen LogP contribution in [0.3, 0.4) is 0 Å². The Labute approximate surface area is 265 Å². The molecule has 1 aliphatic rings. The van der Waals surface area contributed by atoms with Crippen molar-refractivity contribution in [3.63, 3.8) is 0 Å². The van der Waals surface area contributed by atoms with Gasteiger partial charge in [-0.05, 0) is 53.6 Å². The van der Waals surface area contributed by atoms with Crippen LogP contribution in [0.4, 0.5) is 9.52 Å². The number of hydrogen-bond acceptors (Lipinski definition) is 5. The first-order valence-electron chi connectivity index (χ1n) is 15.3. The van der Waals surface area contributed by atoms with Gasteiger partial charge in [-0.15, -0.1) is 0 Å². The number of fused-ring (bicyclic) bond motifs is 1. The van der Waals surface area contributed by atoms with Gasteiger partial charge in [-0.1, -0.05) is 102 Å². The molecule has 1 aliphatic heterocycles. The summed E-state index contributed by atoms with van der Waals surface area (Å²) in [5.41, 5.74) is 3.94. The molecule has 0 unspecified atom stereocenters. The minimum atomic E-state index is -0.776. The fourth-order valence-electron chi connectivity index (χ4n) is 6.43. The van der Waals surface area contributed by atoms with Crippen molar-refractivity contribution < 1.29 is 13.9 Å². The molecule has 0 spiro atoms. The molecular formula is C37H33FN4O2S. The summed E-state index contributed by atoms with van der Waals surface area (Å²) in [7, 11) is 0. The molecule has 0 saturated carbocycles. The molecule has 8 heteroatoms. The molecule has 0 N–H and O–H groups in total. The lowest BCUT2D eigenvalue weighted by Crippen LogP contribution is -2.40. The molecule has 3 heterocycles. The summed E-state index contributed by atoms with van der Waals surface area (Å²) >= 11 is 1.33. The van der Waals surface area contributed by atoms with Gasteiger partial charge in [0.25, 0.3) is 0 Å². The highest BCUT2D eigenvalue weighted by atomic mass is 32.1. The number of rotatable bonds is 9. The fraction of sp³-hybridized carbons (Fsp3) is 0.216. The van der Waals surface area contributed by atoms with E-state index < -0.39 is 5.54 Å². The van der Waals surface area contributed by atoms with Gasteiger partial charge in [0.15, 0.2) is 5.13 Å². The number of benzene rings is 4. The second kappa shape index (κ2) is 12.8. The highest BCUT2D eigenvalue weighted by molar-refractivity contribution is 7.22. The van der Waals surface area contributed by atoms with E-state index in [4.69, 9.17) is 9.72 Å². The lowest BCUT2D eigenvalue weighted by Gasteiger charge is -2.39. The molecule has 1 amide bonds. The maximum absolute atomic E-state index is 14.2. The third kappa shape index (κ3) is 5.67. The van der Waals surface area contributed by atoms with Gasteiger partial charge in [0, 0.05) is 19.6 Å². The highest BCUT2D eigenvalue weighted by Crippen LogP contribution is 2.42. The molecule has 2 aromatic heterocycles. The van der Waals surface area contributed by atoms with Crippen LogP contribution in [-0.4, -0.2) is 33.7 Å². The van der Waals surface area contributed by atoms with Crippen LogP contribution in [0, 0.1) is 11.7 Å². The normalized spacial score (nSPS) is 14.1. The van der Waals surface area contributed by atoms with Crippen molar-refractivity contribution in [2.75, 3.05) is 18.1 Å². The number of carbonyl (C=O) groups excluding carboxylic acids is 1. The zero-order valence-electron chi connectivity index (χ0n) is 24.8. The third-order valence-corrected chi connectivity index (χ3v) is 9.69. The topological polar surface area (TPSA) is 60.2 Å². The van der Waals surface area contributed by atoms with Crippen molar-refractivity contribution in [2.45, 2.75) is 31.3 Å². The molecular weight excluding hydrogens is 583 g/mol.